The van der Waals surface area contributed by atoms with Crippen molar-refractivity contribution in [2.75, 3.05) is 0 Å². The predicted octanol–water partition coefficient (Wildman–Crippen LogP) is 3.62. The Bertz CT molecular complexity index is 232. The summed E-state index contributed by atoms with van der Waals surface area (Å²) < 4.78 is 5.79. The third kappa shape index (κ3) is 4.26. The molecule has 5 atom stereocenters. The second kappa shape index (κ2) is 5.71. The first-order chi connectivity index (χ1) is 7.72. The van der Waals surface area contributed by atoms with E-state index in [1.54, 1.807) is 0 Å². The van der Waals surface area contributed by atoms with Crippen molar-refractivity contribution in [2.45, 2.75) is 79.1 Å². The lowest BCUT2D eigenvalue weighted by Crippen LogP contribution is -2.31. The van der Waals surface area contributed by atoms with Crippen molar-refractivity contribution in [1.82, 2.24) is 0 Å². The molecule has 0 radical (unpaired) electrons. The molecule has 0 aromatic carbocycles. The lowest BCUT2D eigenvalue weighted by Gasteiger charge is -2.26. The van der Waals surface area contributed by atoms with Crippen LogP contribution in [0.5, 0.6) is 0 Å². The van der Waals surface area contributed by atoms with Gasteiger partial charge in [0.2, 0.25) is 0 Å². The van der Waals surface area contributed by atoms with E-state index in [0.717, 1.165) is 12.8 Å². The van der Waals surface area contributed by atoms with Crippen LogP contribution >= 0.6 is 0 Å². The maximum atomic E-state index is 10.3. The van der Waals surface area contributed by atoms with Gasteiger partial charge in [-0.25, -0.2) is 0 Å². The molecule has 1 fully saturated rings. The molecule has 0 saturated carbocycles. The summed E-state index contributed by atoms with van der Waals surface area (Å²) in [5, 5.41) is 10.3. The monoisotopic (exact) mass is 242 g/mol. The number of ether oxygens (including phenoxy) is 1. The summed E-state index contributed by atoms with van der Waals surface area (Å²) in [7, 11) is 0. The quantitative estimate of drug-likeness (QED) is 0.816. The van der Waals surface area contributed by atoms with Crippen LogP contribution in [0, 0.1) is 17.3 Å². The molecular weight excluding hydrogens is 212 g/mol. The Morgan fingerprint density at radius 1 is 1.12 bits per heavy atom. The third-order valence-corrected chi connectivity index (χ3v) is 4.19. The molecule has 0 aliphatic carbocycles. The average molecular weight is 242 g/mol. The Labute approximate surface area is 107 Å². The average Bonchev–Trinajstić information content (AvgIpc) is 2.38. The molecule has 102 valence electrons. The van der Waals surface area contributed by atoms with Gasteiger partial charge in [-0.3, -0.25) is 0 Å². The van der Waals surface area contributed by atoms with E-state index in [9.17, 15) is 5.11 Å². The van der Waals surface area contributed by atoms with Gasteiger partial charge in [0.25, 0.3) is 0 Å². The fraction of sp³-hybridized carbons (Fsp3) is 1.00. The lowest BCUT2D eigenvalue weighted by atomic mass is 9.81. The zero-order chi connectivity index (χ0) is 13.2. The minimum atomic E-state index is -0.202. The lowest BCUT2D eigenvalue weighted by molar-refractivity contribution is 0.0196. The highest BCUT2D eigenvalue weighted by atomic mass is 16.5. The van der Waals surface area contributed by atoms with Gasteiger partial charge in [0.1, 0.15) is 0 Å². The van der Waals surface area contributed by atoms with Gasteiger partial charge in [-0.15, -0.1) is 0 Å². The molecule has 1 heterocycles. The largest absolute Gasteiger partial charge is 0.393 e. The molecular formula is C15H30O2. The molecule has 0 spiro atoms. The zero-order valence-electron chi connectivity index (χ0n) is 12.4. The van der Waals surface area contributed by atoms with Gasteiger partial charge in [0.05, 0.1) is 18.3 Å². The fourth-order valence-corrected chi connectivity index (χ4v) is 2.99. The van der Waals surface area contributed by atoms with Crippen molar-refractivity contribution in [2.24, 2.45) is 17.3 Å². The normalized spacial score (nSPS) is 36.2. The standard InChI is InChI=1S/C15H30O2/c1-10-11(2)17-12(3)14(10)13(16)8-7-9-15(4,5)6/h10-14,16H,7-9H2,1-6H3. The Balaban J connectivity index is 2.39. The molecule has 0 amide bonds. The van der Waals surface area contributed by atoms with E-state index in [1.807, 2.05) is 0 Å². The minimum Gasteiger partial charge on any atom is -0.393 e. The van der Waals surface area contributed by atoms with Crippen LogP contribution in [0.15, 0.2) is 0 Å². The van der Waals surface area contributed by atoms with Crippen LogP contribution in [0.4, 0.5) is 0 Å². The van der Waals surface area contributed by atoms with Gasteiger partial charge in [0, 0.05) is 5.92 Å². The highest BCUT2D eigenvalue weighted by Crippen LogP contribution is 2.36. The second-order valence-corrected chi connectivity index (χ2v) is 7.00. The van der Waals surface area contributed by atoms with Crippen molar-refractivity contribution >= 4 is 0 Å². The van der Waals surface area contributed by atoms with Crippen molar-refractivity contribution in [3.05, 3.63) is 0 Å². The fourth-order valence-electron chi connectivity index (χ4n) is 2.99. The second-order valence-electron chi connectivity index (χ2n) is 7.00. The van der Waals surface area contributed by atoms with E-state index in [1.165, 1.54) is 6.42 Å². The van der Waals surface area contributed by atoms with Gasteiger partial charge < -0.3 is 9.84 Å². The number of hydrogen-bond donors (Lipinski definition) is 1. The van der Waals surface area contributed by atoms with Crippen LogP contribution in [-0.2, 0) is 4.74 Å². The summed E-state index contributed by atoms with van der Waals surface area (Å²) in [6.45, 7) is 13.2. The summed E-state index contributed by atoms with van der Waals surface area (Å²) in [4.78, 5) is 0. The first-order valence-corrected chi connectivity index (χ1v) is 7.06. The SMILES string of the molecule is CC1OC(C)C(C(O)CCCC(C)(C)C)C1C. The molecule has 2 heteroatoms. The van der Waals surface area contributed by atoms with Crippen LogP contribution in [0.1, 0.15) is 60.8 Å². The topological polar surface area (TPSA) is 29.5 Å². The molecule has 2 nitrogen and oxygen atoms in total. The predicted molar refractivity (Wildman–Crippen MR) is 72.0 cm³/mol. The van der Waals surface area contributed by atoms with E-state index in [-0.39, 0.29) is 18.3 Å². The highest BCUT2D eigenvalue weighted by Gasteiger charge is 2.40. The van der Waals surface area contributed by atoms with Crippen LogP contribution in [0.25, 0.3) is 0 Å². The maximum Gasteiger partial charge on any atom is 0.0607 e. The first kappa shape index (κ1) is 15.0. The number of aliphatic hydroxyl groups is 1. The van der Waals surface area contributed by atoms with Gasteiger partial charge in [-0.05, 0) is 38.0 Å². The number of hydrogen-bond acceptors (Lipinski definition) is 2. The van der Waals surface area contributed by atoms with E-state index in [0.29, 0.717) is 17.3 Å². The Kier molecular flexibility index (Phi) is 5.03. The first-order valence-electron chi connectivity index (χ1n) is 7.06. The van der Waals surface area contributed by atoms with Crippen LogP contribution in [0.3, 0.4) is 0 Å². The Morgan fingerprint density at radius 3 is 2.12 bits per heavy atom. The Morgan fingerprint density at radius 2 is 1.71 bits per heavy atom. The van der Waals surface area contributed by atoms with E-state index in [4.69, 9.17) is 4.74 Å². The molecule has 1 rings (SSSR count). The summed E-state index contributed by atoms with van der Waals surface area (Å²) in [6.07, 6.45) is 3.47. The summed E-state index contributed by atoms with van der Waals surface area (Å²) in [5.74, 6) is 0.777. The molecule has 1 aliphatic rings. The van der Waals surface area contributed by atoms with Crippen molar-refractivity contribution in [3.63, 3.8) is 0 Å². The van der Waals surface area contributed by atoms with Crippen LogP contribution in [-0.4, -0.2) is 23.4 Å². The van der Waals surface area contributed by atoms with Crippen molar-refractivity contribution < 1.29 is 9.84 Å². The van der Waals surface area contributed by atoms with Crippen molar-refractivity contribution in [1.29, 1.82) is 0 Å². The van der Waals surface area contributed by atoms with Gasteiger partial charge in [-0.1, -0.05) is 34.1 Å². The summed E-state index contributed by atoms with van der Waals surface area (Å²) in [6, 6.07) is 0. The van der Waals surface area contributed by atoms with Crippen LogP contribution in [0.2, 0.25) is 0 Å². The molecule has 1 N–H and O–H groups in total. The maximum absolute atomic E-state index is 10.3. The smallest absolute Gasteiger partial charge is 0.0607 e. The summed E-state index contributed by atoms with van der Waals surface area (Å²) >= 11 is 0. The van der Waals surface area contributed by atoms with Crippen LogP contribution < -0.4 is 0 Å². The summed E-state index contributed by atoms with van der Waals surface area (Å²) in [5.41, 5.74) is 0.371. The van der Waals surface area contributed by atoms with E-state index in [2.05, 4.69) is 41.5 Å². The van der Waals surface area contributed by atoms with E-state index < -0.39 is 0 Å². The third-order valence-electron chi connectivity index (χ3n) is 4.19. The van der Waals surface area contributed by atoms with Crippen molar-refractivity contribution in [3.8, 4) is 0 Å². The van der Waals surface area contributed by atoms with Gasteiger partial charge in [0.15, 0.2) is 0 Å². The molecule has 5 unspecified atom stereocenters. The Hall–Kier alpha value is -0.0800. The zero-order valence-corrected chi connectivity index (χ0v) is 12.4. The molecule has 17 heavy (non-hydrogen) atoms. The van der Waals surface area contributed by atoms with Gasteiger partial charge in [-0.2, -0.15) is 0 Å². The molecule has 1 saturated heterocycles. The van der Waals surface area contributed by atoms with Gasteiger partial charge >= 0.3 is 0 Å². The molecule has 0 aromatic rings. The molecule has 0 bridgehead atoms. The number of aliphatic hydroxyl groups excluding tert-OH is 1. The highest BCUT2D eigenvalue weighted by molar-refractivity contribution is 4.88. The molecule has 1 aliphatic heterocycles. The number of rotatable bonds is 4. The molecule has 0 aromatic heterocycles. The minimum absolute atomic E-state index is 0.199. The van der Waals surface area contributed by atoms with E-state index >= 15 is 0 Å².